The average molecular weight is 369 g/mol. The minimum Gasteiger partial charge on any atom is -0.348 e. The third kappa shape index (κ3) is 3.19. The van der Waals surface area contributed by atoms with E-state index in [0.717, 1.165) is 65.1 Å². The number of hydrogen-bond acceptors (Lipinski definition) is 4. The Bertz CT molecular complexity index is 977. The highest BCUT2D eigenvalue weighted by Gasteiger charge is 2.32. The summed E-state index contributed by atoms with van der Waals surface area (Å²) in [6.45, 7) is 3.96. The lowest BCUT2D eigenvalue weighted by molar-refractivity contribution is 0.209. The van der Waals surface area contributed by atoms with Crippen LogP contribution in [-0.2, 0) is 6.42 Å². The molecule has 5 nitrogen and oxygen atoms in total. The molecule has 0 saturated carbocycles. The summed E-state index contributed by atoms with van der Waals surface area (Å²) in [6, 6.07) is 8.15. The number of hydrogen-bond donors (Lipinski definition) is 2. The smallest absolute Gasteiger partial charge is 0.253 e. The number of rotatable bonds is 5. The molecule has 0 spiro atoms. The zero-order valence-corrected chi connectivity index (χ0v) is 16.0. The molecule has 2 aromatic heterocycles. The fourth-order valence-electron chi connectivity index (χ4n) is 3.86. The molecule has 1 aromatic carbocycles. The molecule has 1 aliphatic heterocycles. The Kier molecular flexibility index (Phi) is 4.87. The van der Waals surface area contributed by atoms with E-state index in [1.54, 1.807) is 6.33 Å². The molecule has 6 heteroatoms. The number of aromatic nitrogens is 3. The van der Waals surface area contributed by atoms with Crippen LogP contribution in [0, 0.1) is 6.92 Å². The van der Waals surface area contributed by atoms with E-state index >= 15 is 0 Å². The molecule has 4 rings (SSSR count). The minimum absolute atomic E-state index is 0.0150. The van der Waals surface area contributed by atoms with E-state index in [4.69, 9.17) is 0 Å². The Labute approximate surface area is 157 Å². The van der Waals surface area contributed by atoms with Gasteiger partial charge in [0, 0.05) is 29.7 Å². The summed E-state index contributed by atoms with van der Waals surface area (Å²) in [5, 5.41) is 1.07. The average Bonchev–Trinajstić information content (AvgIpc) is 3.10. The molecule has 2 N–H and O–H groups in total. The fraction of sp³-hybridized carbons (Fsp3) is 0.400. The van der Waals surface area contributed by atoms with Gasteiger partial charge in [-0.1, -0.05) is 12.1 Å². The molecule has 0 bridgehead atoms. The highest BCUT2D eigenvalue weighted by atomic mass is 32.2. The van der Waals surface area contributed by atoms with Gasteiger partial charge in [0.2, 0.25) is 0 Å². The lowest BCUT2D eigenvalue weighted by atomic mass is 9.95. The second-order valence-electron chi connectivity index (χ2n) is 6.95. The summed E-state index contributed by atoms with van der Waals surface area (Å²) in [7, 11) is 0. The molecule has 0 fully saturated rings. The molecule has 0 saturated heterocycles. The Balaban J connectivity index is 1.79. The number of nitrogens with zero attached hydrogens (tertiary/aromatic N) is 2. The van der Waals surface area contributed by atoms with Crippen molar-refractivity contribution in [1.82, 2.24) is 19.9 Å². The topological polar surface area (TPSA) is 64.8 Å². The van der Waals surface area contributed by atoms with E-state index in [1.807, 2.05) is 30.8 Å². The molecular formula is C20H24N4OS. The molecule has 3 heterocycles. The highest BCUT2D eigenvalue weighted by Crippen LogP contribution is 2.32. The third-order valence-corrected chi connectivity index (χ3v) is 5.84. The number of thioether (sulfide) groups is 1. The fourth-order valence-corrected chi connectivity index (χ4v) is 4.27. The number of aryl methyl sites for hydroxylation is 1. The van der Waals surface area contributed by atoms with Crippen molar-refractivity contribution >= 4 is 22.7 Å². The van der Waals surface area contributed by atoms with Gasteiger partial charge in [-0.25, -0.2) is 4.98 Å². The quantitative estimate of drug-likeness (QED) is 0.679. The van der Waals surface area contributed by atoms with Gasteiger partial charge in [-0.2, -0.15) is 11.8 Å². The summed E-state index contributed by atoms with van der Waals surface area (Å²) >= 11 is 1.86. The standard InChI is InChI=1S/C20H24N4OS/c1-13-4-5-14-11-15(20(25)23-17(14)10-13)19-18-16(21-12-22-18)6-8-24(19)7-3-9-26-2/h4-5,10-12,19H,3,6-9H2,1-2H3,(H,21,22)(H,23,25)/t19-/m1/s1. The third-order valence-electron chi connectivity index (χ3n) is 5.14. The van der Waals surface area contributed by atoms with Crippen LogP contribution in [0.4, 0.5) is 0 Å². The van der Waals surface area contributed by atoms with E-state index < -0.39 is 0 Å². The Morgan fingerprint density at radius 1 is 1.35 bits per heavy atom. The van der Waals surface area contributed by atoms with Crippen molar-refractivity contribution in [2.45, 2.75) is 25.8 Å². The molecular weight excluding hydrogens is 344 g/mol. The van der Waals surface area contributed by atoms with Crippen molar-refractivity contribution in [1.29, 1.82) is 0 Å². The number of nitrogens with one attached hydrogen (secondary N) is 2. The van der Waals surface area contributed by atoms with Crippen LogP contribution in [0.15, 0.2) is 35.4 Å². The van der Waals surface area contributed by atoms with Crippen molar-refractivity contribution in [2.75, 3.05) is 25.1 Å². The van der Waals surface area contributed by atoms with Crippen LogP contribution in [0.2, 0.25) is 0 Å². The van der Waals surface area contributed by atoms with Crippen LogP contribution in [-0.4, -0.2) is 44.9 Å². The first-order valence-corrected chi connectivity index (χ1v) is 10.5. The van der Waals surface area contributed by atoms with E-state index in [0.29, 0.717) is 0 Å². The largest absolute Gasteiger partial charge is 0.348 e. The van der Waals surface area contributed by atoms with E-state index in [9.17, 15) is 4.79 Å². The van der Waals surface area contributed by atoms with Crippen molar-refractivity contribution in [3.63, 3.8) is 0 Å². The molecule has 1 aliphatic rings. The highest BCUT2D eigenvalue weighted by molar-refractivity contribution is 7.98. The molecule has 0 radical (unpaired) electrons. The summed E-state index contributed by atoms with van der Waals surface area (Å²) in [4.78, 5) is 26.2. The number of pyridine rings is 1. The van der Waals surface area contributed by atoms with Crippen LogP contribution in [0.25, 0.3) is 10.9 Å². The second-order valence-corrected chi connectivity index (χ2v) is 7.93. The lowest BCUT2D eigenvalue weighted by Crippen LogP contribution is -2.39. The molecule has 0 amide bonds. The minimum atomic E-state index is -0.0821. The van der Waals surface area contributed by atoms with Gasteiger partial charge < -0.3 is 9.97 Å². The van der Waals surface area contributed by atoms with Crippen LogP contribution in [0.3, 0.4) is 0 Å². The van der Waals surface area contributed by atoms with Gasteiger partial charge in [0.25, 0.3) is 5.56 Å². The van der Waals surface area contributed by atoms with Crippen LogP contribution in [0.1, 0.15) is 35.0 Å². The van der Waals surface area contributed by atoms with Crippen molar-refractivity contribution in [2.24, 2.45) is 0 Å². The number of fused-ring (bicyclic) bond motifs is 2. The zero-order chi connectivity index (χ0) is 18.1. The van der Waals surface area contributed by atoms with E-state index in [-0.39, 0.29) is 11.6 Å². The van der Waals surface area contributed by atoms with Crippen molar-refractivity contribution in [3.05, 3.63) is 63.5 Å². The lowest BCUT2D eigenvalue weighted by Gasteiger charge is -2.34. The monoisotopic (exact) mass is 368 g/mol. The molecule has 3 aromatic rings. The van der Waals surface area contributed by atoms with Gasteiger partial charge in [-0.05, 0) is 55.0 Å². The van der Waals surface area contributed by atoms with Crippen LogP contribution < -0.4 is 5.56 Å². The molecule has 1 atom stereocenters. The predicted molar refractivity (Wildman–Crippen MR) is 108 cm³/mol. The maximum Gasteiger partial charge on any atom is 0.253 e. The first-order chi connectivity index (χ1) is 12.7. The van der Waals surface area contributed by atoms with Crippen molar-refractivity contribution in [3.8, 4) is 0 Å². The first kappa shape index (κ1) is 17.4. The van der Waals surface area contributed by atoms with Crippen LogP contribution in [0.5, 0.6) is 0 Å². The number of aromatic amines is 2. The van der Waals surface area contributed by atoms with Gasteiger partial charge in [0.15, 0.2) is 0 Å². The molecule has 0 unspecified atom stereocenters. The summed E-state index contributed by atoms with van der Waals surface area (Å²) < 4.78 is 0. The van der Waals surface area contributed by atoms with Crippen molar-refractivity contribution < 1.29 is 0 Å². The normalized spacial score (nSPS) is 17.5. The maximum absolute atomic E-state index is 12.9. The Morgan fingerprint density at radius 3 is 3.08 bits per heavy atom. The zero-order valence-electron chi connectivity index (χ0n) is 15.2. The maximum atomic E-state index is 12.9. The number of benzene rings is 1. The summed E-state index contributed by atoms with van der Waals surface area (Å²) in [5.74, 6) is 1.13. The van der Waals surface area contributed by atoms with Gasteiger partial charge in [-0.3, -0.25) is 9.69 Å². The number of H-pyrrole nitrogens is 2. The van der Waals surface area contributed by atoms with Gasteiger partial charge >= 0.3 is 0 Å². The first-order valence-electron chi connectivity index (χ1n) is 9.06. The summed E-state index contributed by atoms with van der Waals surface area (Å²) in [5.41, 5.74) is 4.96. The van der Waals surface area contributed by atoms with E-state index in [1.165, 1.54) is 0 Å². The Morgan fingerprint density at radius 2 is 2.23 bits per heavy atom. The molecule has 136 valence electrons. The van der Waals surface area contributed by atoms with E-state index in [2.05, 4.69) is 38.2 Å². The SMILES string of the molecule is CSCCCN1CCc2[nH]cnc2[C@H]1c1cc2ccc(C)cc2[nH]c1=O. The second kappa shape index (κ2) is 7.29. The van der Waals surface area contributed by atoms with Gasteiger partial charge in [-0.15, -0.1) is 0 Å². The van der Waals surface area contributed by atoms with Crippen LogP contribution >= 0.6 is 11.8 Å². The van der Waals surface area contributed by atoms with Gasteiger partial charge in [0.1, 0.15) is 0 Å². The Hall–Kier alpha value is -2.05. The van der Waals surface area contributed by atoms with Gasteiger partial charge in [0.05, 0.1) is 18.1 Å². The predicted octanol–water partition coefficient (Wildman–Crippen LogP) is 3.26. The number of imidazole rings is 1. The molecule has 0 aliphatic carbocycles. The molecule has 26 heavy (non-hydrogen) atoms. The summed E-state index contributed by atoms with van der Waals surface area (Å²) in [6.07, 6.45) is 5.95.